The average Bonchev–Trinajstić information content (AvgIpc) is 4.13. The van der Waals surface area contributed by atoms with Crippen molar-refractivity contribution >= 4 is 46.0 Å². The van der Waals surface area contributed by atoms with Crippen LogP contribution in [0.2, 0.25) is 0 Å². The zero-order valence-electron chi connectivity index (χ0n) is 35.4. The minimum atomic E-state index is -2.87. The van der Waals surface area contributed by atoms with Crippen LogP contribution in [0.1, 0.15) is 97.9 Å². The number of morpholine rings is 1. The first-order valence-corrected chi connectivity index (χ1v) is 21.9. The van der Waals surface area contributed by atoms with E-state index in [-0.39, 0.29) is 55.0 Å². The van der Waals surface area contributed by atoms with Crippen molar-refractivity contribution < 1.29 is 37.7 Å². The van der Waals surface area contributed by atoms with E-state index in [1.165, 1.54) is 26.0 Å². The van der Waals surface area contributed by atoms with Gasteiger partial charge in [-0.15, -0.1) is 0 Å². The average molecular weight is 884 g/mol. The number of hydrogen-bond acceptors (Lipinski definition) is 11. The number of benzene rings is 1. The Morgan fingerprint density at radius 1 is 1.09 bits per heavy atom. The zero-order chi connectivity index (χ0) is 44.6. The molecule has 20 heteroatoms. The number of alkyl halides is 2. The molecule has 3 aliphatic heterocycles. The molecule has 1 aromatic carbocycles. The summed E-state index contributed by atoms with van der Waals surface area (Å²) in [5.41, 5.74) is 6.23. The quantitative estimate of drug-likeness (QED) is 0.136. The molecule has 18 nitrogen and oxygen atoms in total. The number of aryl methyl sites for hydroxylation is 1. The van der Waals surface area contributed by atoms with Crippen LogP contribution in [0.4, 0.5) is 20.3 Å². The van der Waals surface area contributed by atoms with E-state index in [2.05, 4.69) is 37.2 Å². The number of carboxylic acids is 1. The molecule has 4 aromatic heterocycles. The largest absolute Gasteiger partial charge is 0.480 e. The number of carbonyl (C=O) groups excluding carboxylic acids is 2. The van der Waals surface area contributed by atoms with E-state index in [9.17, 15) is 33.1 Å². The number of carboxylic acid groups (broad SMARTS) is 1. The van der Waals surface area contributed by atoms with Gasteiger partial charge in [-0.3, -0.25) is 23.4 Å². The maximum Gasteiger partial charge on any atom is 0.329 e. The van der Waals surface area contributed by atoms with Gasteiger partial charge in [0.15, 0.2) is 11.3 Å². The Kier molecular flexibility index (Phi) is 12.2. The van der Waals surface area contributed by atoms with Gasteiger partial charge in [0, 0.05) is 52.0 Å². The van der Waals surface area contributed by atoms with E-state index in [1.54, 1.807) is 36.1 Å². The van der Waals surface area contributed by atoms with E-state index < -0.39 is 41.6 Å². The molecule has 7 heterocycles. The number of aromatic nitrogens is 7. The smallest absolute Gasteiger partial charge is 0.329 e. The van der Waals surface area contributed by atoms with Gasteiger partial charge < -0.3 is 35.4 Å². The Morgan fingerprint density at radius 3 is 2.59 bits per heavy atom. The fourth-order valence-corrected chi connectivity index (χ4v) is 9.89. The van der Waals surface area contributed by atoms with Crippen molar-refractivity contribution in [3.63, 3.8) is 0 Å². The van der Waals surface area contributed by atoms with Crippen LogP contribution < -0.4 is 21.6 Å². The second-order valence-corrected chi connectivity index (χ2v) is 17.3. The number of imidazole rings is 1. The molecule has 1 aliphatic carbocycles. The topological polar surface area (TPSA) is 209 Å². The summed E-state index contributed by atoms with van der Waals surface area (Å²) in [7, 11) is 1.56. The standard InChI is InChI=1S/C44H51F2N11O7/c1-52-39-27(4-2-6-34(39)57(44(52)62)35(43(60)61)11-12-36(47)58)5-3-19-63-30-13-16-53(17-14-30)22-26-7-9-28(10-8-26)56-24-33(38(51-56)40(45)46)49-42(59)32-21-48-55-18-15-37(50-41(32)55)54-23-31-20-29(54)25-64-31/h2,4,6,15,18,21,24,26,28-31,35,40H,7-14,16-17,19-20,22-23,25H2,1H3,(H2,47,58)(H,49,59)(H,60,61)/t26-,28-,29-,31-,35?/m1/s1. The Bertz CT molecular complexity index is 2680. The second-order valence-electron chi connectivity index (χ2n) is 17.3. The molecule has 4 N–H and O–H groups in total. The van der Waals surface area contributed by atoms with Gasteiger partial charge in [0.1, 0.15) is 24.0 Å². The number of halogens is 2. The molecule has 4 fully saturated rings. The van der Waals surface area contributed by atoms with Gasteiger partial charge in [-0.25, -0.2) is 27.9 Å². The van der Waals surface area contributed by atoms with Crippen LogP contribution in [-0.4, -0.2) is 119 Å². The molecule has 338 valence electrons. The number of nitrogens with two attached hydrogens (primary N) is 1. The van der Waals surface area contributed by atoms with Crippen LogP contribution in [0, 0.1) is 17.8 Å². The zero-order valence-corrected chi connectivity index (χ0v) is 35.4. The Labute approximate surface area is 366 Å². The van der Waals surface area contributed by atoms with Crippen molar-refractivity contribution in [1.29, 1.82) is 0 Å². The summed E-state index contributed by atoms with van der Waals surface area (Å²) in [6.45, 7) is 4.26. The van der Waals surface area contributed by atoms with E-state index >= 15 is 0 Å². The Balaban J connectivity index is 0.750. The summed E-state index contributed by atoms with van der Waals surface area (Å²) in [6, 6.07) is 5.91. The van der Waals surface area contributed by atoms with Gasteiger partial charge >= 0.3 is 11.7 Å². The number of likely N-dealkylation sites (tertiary alicyclic amines) is 1. The molecule has 2 amide bonds. The first kappa shape index (κ1) is 43.1. The molecular weight excluding hydrogens is 833 g/mol. The van der Waals surface area contributed by atoms with Crippen LogP contribution in [0.3, 0.4) is 0 Å². The van der Waals surface area contributed by atoms with Gasteiger partial charge in [0.05, 0.1) is 59.4 Å². The van der Waals surface area contributed by atoms with Crippen LogP contribution in [0.25, 0.3) is 16.7 Å². The molecule has 3 saturated heterocycles. The van der Waals surface area contributed by atoms with Crippen LogP contribution >= 0.6 is 0 Å². The lowest BCUT2D eigenvalue weighted by atomic mass is 9.85. The molecule has 0 radical (unpaired) electrons. The number of nitrogens with one attached hydrogen (secondary N) is 1. The number of aliphatic carboxylic acids is 1. The van der Waals surface area contributed by atoms with E-state index in [1.807, 2.05) is 6.07 Å². The van der Waals surface area contributed by atoms with Crippen LogP contribution in [0.15, 0.2) is 47.7 Å². The summed E-state index contributed by atoms with van der Waals surface area (Å²) < 4.78 is 46.1. The molecule has 4 aliphatic rings. The molecule has 1 saturated carbocycles. The maximum absolute atomic E-state index is 14.3. The second kappa shape index (κ2) is 18.1. The summed E-state index contributed by atoms with van der Waals surface area (Å²) >= 11 is 0. The van der Waals surface area contributed by atoms with Gasteiger partial charge in [0.2, 0.25) is 5.91 Å². The molecule has 9 rings (SSSR count). The van der Waals surface area contributed by atoms with Crippen molar-refractivity contribution in [2.45, 2.75) is 94.5 Å². The first-order chi connectivity index (χ1) is 30.9. The lowest BCUT2D eigenvalue weighted by molar-refractivity contribution is -0.141. The number of rotatable bonds is 14. The van der Waals surface area contributed by atoms with E-state index in [0.717, 1.165) is 76.9 Å². The monoisotopic (exact) mass is 883 g/mol. The highest BCUT2D eigenvalue weighted by atomic mass is 19.3. The number of nitrogens with zero attached hydrogens (tertiary/aromatic N) is 9. The predicted octanol–water partition coefficient (Wildman–Crippen LogP) is 3.90. The van der Waals surface area contributed by atoms with Crippen LogP contribution in [0.5, 0.6) is 0 Å². The normalized spacial score (nSPS) is 22.0. The molecule has 0 spiro atoms. The van der Waals surface area contributed by atoms with Crippen molar-refractivity contribution in [2.24, 2.45) is 18.7 Å². The SMILES string of the molecule is Cn1c(=O)n(C(CCC(N)=O)C(=O)O)c2cccc(C#CCOC3CCN(C[C@H]4CC[C@H](n5cc(NC(=O)c6cnn7ccc(N8C[C@H]9C[C@@H]8CO9)nc67)c(C(F)F)n5)CC4)CC3)c21. The number of amides is 2. The number of primary amides is 1. The molecular formula is C44H51F2N11O7. The third-order valence-electron chi connectivity index (χ3n) is 13.2. The minimum Gasteiger partial charge on any atom is -0.480 e. The number of piperidine rings is 1. The number of anilines is 2. The Hall–Kier alpha value is -6.17. The lowest BCUT2D eigenvalue weighted by Crippen LogP contribution is -2.40. The van der Waals surface area contributed by atoms with Crippen molar-refractivity contribution in [3.8, 4) is 11.8 Å². The van der Waals surface area contributed by atoms with Gasteiger partial charge in [-0.05, 0) is 75.5 Å². The predicted molar refractivity (Wildman–Crippen MR) is 229 cm³/mol. The van der Waals surface area contributed by atoms with Crippen LogP contribution in [-0.2, 0) is 26.1 Å². The van der Waals surface area contributed by atoms with Gasteiger partial charge in [-0.1, -0.05) is 17.9 Å². The number of ether oxygens (including phenoxy) is 2. The number of fused-ring (bicyclic) bond motifs is 4. The highest BCUT2D eigenvalue weighted by Crippen LogP contribution is 2.36. The highest BCUT2D eigenvalue weighted by Gasteiger charge is 2.40. The minimum absolute atomic E-state index is 0.0208. The molecule has 1 unspecified atom stereocenters. The highest BCUT2D eigenvalue weighted by molar-refractivity contribution is 6.08. The molecule has 5 aromatic rings. The number of hydrogen-bond donors (Lipinski definition) is 3. The summed E-state index contributed by atoms with van der Waals surface area (Å²) in [5.74, 6) is 4.88. The van der Waals surface area contributed by atoms with Gasteiger partial charge in [0.25, 0.3) is 12.3 Å². The van der Waals surface area contributed by atoms with Crippen molar-refractivity contribution in [3.05, 3.63) is 70.2 Å². The fourth-order valence-electron chi connectivity index (χ4n) is 9.89. The third kappa shape index (κ3) is 8.71. The third-order valence-corrected chi connectivity index (χ3v) is 13.2. The molecule has 3 atom stereocenters. The van der Waals surface area contributed by atoms with Gasteiger partial charge in [-0.2, -0.15) is 10.2 Å². The number of carbonyl (C=O) groups is 3. The number of para-hydroxylation sites is 1. The summed E-state index contributed by atoms with van der Waals surface area (Å²) in [5, 5.41) is 21.1. The van der Waals surface area contributed by atoms with Crippen molar-refractivity contribution in [1.82, 2.24) is 38.4 Å². The summed E-state index contributed by atoms with van der Waals surface area (Å²) in [4.78, 5) is 59.5. The maximum atomic E-state index is 14.3. The molecule has 2 bridgehead atoms. The lowest BCUT2D eigenvalue weighted by Gasteiger charge is -2.36. The Morgan fingerprint density at radius 2 is 1.89 bits per heavy atom. The first-order valence-electron chi connectivity index (χ1n) is 21.9. The van der Waals surface area contributed by atoms with E-state index in [0.29, 0.717) is 34.8 Å². The molecule has 64 heavy (non-hydrogen) atoms. The summed E-state index contributed by atoms with van der Waals surface area (Å²) in [6.07, 6.45) is 7.79. The fraction of sp³-hybridized carbons (Fsp3) is 0.523. The van der Waals surface area contributed by atoms with E-state index in [4.69, 9.17) is 20.2 Å². The van der Waals surface area contributed by atoms with Crippen molar-refractivity contribution in [2.75, 3.05) is 49.6 Å².